The van der Waals surface area contributed by atoms with Crippen molar-refractivity contribution in [1.82, 2.24) is 0 Å². The van der Waals surface area contributed by atoms with Gasteiger partial charge < -0.3 is 21.3 Å². The number of benzene rings is 4. The average Bonchev–Trinajstić information content (AvgIpc) is 1.45. The Morgan fingerprint density at radius 3 is 0.567 bits per heavy atom. The SMILES string of the molecule is CC1CCC(C)([N-]C2C=CC=C2)C(C)(C)C1(C)[SiH2]c1ccccc1.CC1CCC(C)([N-]C2C=CC=C2)C(C)(C)C1(C)[SiH2]c1ccccc1.CC1CCC(C)([N-]C2C=CC=C2)C(C)(C)C1(C)[SiH2]c1ccccc1.CC1CCC(C)([N-]C2C=CC=C2)C(C)(C)C1(C)[SiH2]c1ccccc1.[Ti+4]. The summed E-state index contributed by atoms with van der Waals surface area (Å²) in [4.78, 5) is 0. The molecule has 0 bridgehead atoms. The zero-order valence-electron chi connectivity index (χ0n) is 64.2. The summed E-state index contributed by atoms with van der Waals surface area (Å²) >= 11 is 0. The number of nitrogens with zero attached hydrogens (tertiary/aromatic N) is 4. The fourth-order valence-corrected chi connectivity index (χ4v) is 30.3. The second kappa shape index (κ2) is 31.4. The van der Waals surface area contributed by atoms with E-state index in [-0.39, 0.29) is 89.7 Å². The number of hydrogen-bond acceptors (Lipinski definition) is 0. The smallest absolute Gasteiger partial charge is 0.647 e. The Morgan fingerprint density at radius 1 is 0.258 bits per heavy atom. The Balaban J connectivity index is 0.000000165. The largest absolute Gasteiger partial charge is 4.00 e. The van der Waals surface area contributed by atoms with E-state index in [1.165, 1.54) is 51.4 Å². The predicted octanol–water partition coefficient (Wildman–Crippen LogP) is 19.0. The van der Waals surface area contributed by atoms with E-state index in [1.54, 1.807) is 20.7 Å². The summed E-state index contributed by atoms with van der Waals surface area (Å²) < 4.78 is 0. The molecule has 8 aliphatic rings. The van der Waals surface area contributed by atoms with E-state index >= 15 is 0 Å². The van der Waals surface area contributed by atoms with Crippen molar-refractivity contribution >= 4 is 58.8 Å². The molecule has 4 fully saturated rings. The maximum Gasteiger partial charge on any atom is 4.00 e. The van der Waals surface area contributed by atoms with Gasteiger partial charge in [0.15, 0.2) is 0 Å². The summed E-state index contributed by atoms with van der Waals surface area (Å²) in [5.41, 5.74) is 0.959. The molecule has 12 rings (SSSR count). The fraction of sp³-hybridized carbons (Fsp3) is 0.545. The molecule has 0 spiro atoms. The van der Waals surface area contributed by atoms with Gasteiger partial charge in [0.1, 0.15) is 0 Å². The minimum atomic E-state index is -0.401. The summed E-state index contributed by atoms with van der Waals surface area (Å²) in [5, 5.41) is 29.2. The molecule has 9 heteroatoms. The molecular weight excluding hydrogens is 1270 g/mol. The van der Waals surface area contributed by atoms with Crippen LogP contribution in [0.25, 0.3) is 21.3 Å². The van der Waals surface area contributed by atoms with Gasteiger partial charge in [-0.3, -0.25) is 0 Å². The Labute approximate surface area is 617 Å². The first-order chi connectivity index (χ1) is 45.1. The van der Waals surface area contributed by atoms with Crippen molar-refractivity contribution in [2.75, 3.05) is 0 Å². The van der Waals surface area contributed by atoms with Crippen LogP contribution in [0, 0.1) is 45.3 Å². The molecule has 4 aromatic rings. The quantitative estimate of drug-likeness (QED) is 0.100. The van der Waals surface area contributed by atoms with Crippen LogP contribution in [-0.4, -0.2) is 84.4 Å². The van der Waals surface area contributed by atoms with Gasteiger partial charge in [0, 0.05) is 0 Å². The maximum atomic E-state index is 5.34. The van der Waals surface area contributed by atoms with Crippen LogP contribution in [-0.2, 0) is 21.7 Å². The molecule has 520 valence electrons. The zero-order chi connectivity index (χ0) is 69.7. The van der Waals surface area contributed by atoms with E-state index in [0.29, 0.717) is 20.2 Å². The molecule has 4 aromatic carbocycles. The van der Waals surface area contributed by atoms with Gasteiger partial charge in [0.25, 0.3) is 0 Å². The molecule has 12 atom stereocenters. The first-order valence-corrected chi connectivity index (χ1v) is 43.2. The van der Waals surface area contributed by atoms with Crippen LogP contribution in [0.4, 0.5) is 0 Å². The fourth-order valence-electron chi connectivity index (χ4n) is 19.3. The summed E-state index contributed by atoms with van der Waals surface area (Å²) in [5.74, 6) is 3.05. The molecule has 8 aliphatic carbocycles. The first kappa shape index (κ1) is 78.9. The molecular formula is C88H128N4Si4Ti. The van der Waals surface area contributed by atoms with Gasteiger partial charge in [-0.1, -0.05) is 453 Å². The molecule has 0 aliphatic heterocycles. The minimum absolute atomic E-state index is 0. The molecule has 0 aromatic heterocycles. The van der Waals surface area contributed by atoms with Crippen molar-refractivity contribution < 1.29 is 21.7 Å². The predicted molar refractivity (Wildman–Crippen MR) is 436 cm³/mol. The van der Waals surface area contributed by atoms with Crippen LogP contribution in [0.5, 0.6) is 0 Å². The van der Waals surface area contributed by atoms with Crippen molar-refractivity contribution in [2.45, 2.75) is 256 Å². The van der Waals surface area contributed by atoms with E-state index in [1.807, 2.05) is 0 Å². The molecule has 97 heavy (non-hydrogen) atoms. The Hall–Kier alpha value is -3.78. The Bertz CT molecular complexity index is 2940. The van der Waals surface area contributed by atoms with Crippen LogP contribution in [0.3, 0.4) is 0 Å². The van der Waals surface area contributed by atoms with E-state index in [4.69, 9.17) is 21.3 Å². The van der Waals surface area contributed by atoms with Crippen molar-refractivity contribution in [3.63, 3.8) is 0 Å². The summed E-state index contributed by atoms with van der Waals surface area (Å²) in [6.45, 7) is 49.7. The second-order valence-electron chi connectivity index (χ2n) is 35.2. The molecule has 0 N–H and O–H groups in total. The van der Waals surface area contributed by atoms with E-state index in [2.05, 4.69) is 357 Å². The van der Waals surface area contributed by atoms with Crippen molar-refractivity contribution in [2.24, 2.45) is 45.3 Å². The van der Waals surface area contributed by atoms with Gasteiger partial charge in [-0.15, -0.1) is 22.2 Å². The molecule has 0 amide bonds. The van der Waals surface area contributed by atoms with Gasteiger partial charge in [0.2, 0.25) is 0 Å². The summed E-state index contributed by atoms with van der Waals surface area (Å²) in [7, 11) is -1.60. The second-order valence-corrected chi connectivity index (χ2v) is 45.8. The standard InChI is InChI=1S/4C22H32NSi.Ti/c4*1-17-15-16-21(4,23-18-11-9-10-12-18)20(2,3)22(17,5)24-19-13-7-6-8-14-19;/h4*6-14,17-18H,15-16,24H2,1-5H3;/q4*-1;+4. The van der Waals surface area contributed by atoms with Gasteiger partial charge >= 0.3 is 21.7 Å². The van der Waals surface area contributed by atoms with Crippen LogP contribution in [0.15, 0.2) is 219 Å². The van der Waals surface area contributed by atoms with Crippen molar-refractivity contribution in [1.29, 1.82) is 0 Å². The number of rotatable bonds is 16. The van der Waals surface area contributed by atoms with Crippen molar-refractivity contribution in [3.8, 4) is 0 Å². The maximum absolute atomic E-state index is 5.34. The van der Waals surface area contributed by atoms with Crippen LogP contribution < -0.4 is 20.7 Å². The first-order valence-electron chi connectivity index (χ1n) is 37.6. The molecule has 0 saturated heterocycles. The van der Waals surface area contributed by atoms with Gasteiger partial charge in [-0.05, 0) is 65.5 Å². The topological polar surface area (TPSA) is 56.4 Å². The summed E-state index contributed by atoms with van der Waals surface area (Å²) in [6, 6.07) is 45.9. The Kier molecular flexibility index (Phi) is 25.6. The van der Waals surface area contributed by atoms with Crippen molar-refractivity contribution in [3.05, 3.63) is 240 Å². The van der Waals surface area contributed by atoms with Gasteiger partial charge in [0.05, 0.1) is 38.1 Å². The number of hydrogen-bond donors (Lipinski definition) is 0. The third kappa shape index (κ3) is 16.1. The molecule has 4 nitrogen and oxygen atoms in total. The monoisotopic (exact) mass is 1400 g/mol. The average molecular weight is 1400 g/mol. The van der Waals surface area contributed by atoms with Gasteiger partial charge in [-0.2, -0.15) is 0 Å². The van der Waals surface area contributed by atoms with E-state index in [9.17, 15) is 0 Å². The van der Waals surface area contributed by atoms with Crippen LogP contribution in [0.1, 0.15) is 190 Å². The van der Waals surface area contributed by atoms with E-state index in [0.717, 1.165) is 23.7 Å². The van der Waals surface area contributed by atoms with Crippen LogP contribution in [0.2, 0.25) is 20.2 Å². The van der Waals surface area contributed by atoms with E-state index < -0.39 is 38.1 Å². The normalized spacial score (nSPS) is 35.6. The number of allylic oxidation sites excluding steroid dienone is 8. The molecule has 0 heterocycles. The third-order valence-electron chi connectivity index (χ3n) is 30.0. The third-order valence-corrected chi connectivity index (χ3v) is 42.8. The van der Waals surface area contributed by atoms with Gasteiger partial charge in [-0.25, -0.2) is 0 Å². The minimum Gasteiger partial charge on any atom is -0.647 e. The summed E-state index contributed by atoms with van der Waals surface area (Å²) in [6.07, 6.45) is 44.9. The molecule has 12 unspecified atom stereocenters. The Morgan fingerprint density at radius 2 is 0.412 bits per heavy atom. The van der Waals surface area contributed by atoms with Crippen LogP contribution >= 0.6 is 0 Å². The molecule has 0 radical (unpaired) electrons. The zero-order valence-corrected chi connectivity index (χ0v) is 71.4. The molecule has 4 saturated carbocycles.